The van der Waals surface area contributed by atoms with Gasteiger partial charge in [0.25, 0.3) is 10.0 Å². The molecule has 0 bridgehead atoms. The molecule has 0 fully saturated rings. The van der Waals surface area contributed by atoms with Gasteiger partial charge in [-0.25, -0.2) is 12.4 Å². The van der Waals surface area contributed by atoms with Gasteiger partial charge in [-0.2, -0.15) is 5.01 Å². The highest BCUT2D eigenvalue weighted by Gasteiger charge is 2.36. The summed E-state index contributed by atoms with van der Waals surface area (Å²) in [4.78, 5) is 12.6. The summed E-state index contributed by atoms with van der Waals surface area (Å²) in [6, 6.07) is 21.6. The summed E-state index contributed by atoms with van der Waals surface area (Å²) in [5.41, 5.74) is 3.65. The summed E-state index contributed by atoms with van der Waals surface area (Å²) in [5.74, 6) is -0.0134. The predicted octanol–water partition coefficient (Wildman–Crippen LogP) is 4.73. The minimum absolute atomic E-state index is 0.181. The second kappa shape index (κ2) is 8.14. The SMILES string of the molecule is CC(=O)N1N=C(c2ccccc2)OC1c1cn(S(=O)(=O)c2ccc(C)cc2)c2cc(C)ccc12. The molecule has 172 valence electrons. The van der Waals surface area contributed by atoms with Crippen LogP contribution in [0.1, 0.15) is 35.4 Å². The Morgan fingerprint density at radius 1 is 0.941 bits per heavy atom. The first kappa shape index (κ1) is 21.9. The van der Waals surface area contributed by atoms with Crippen molar-refractivity contribution in [3.8, 4) is 0 Å². The number of aryl methyl sites for hydroxylation is 2. The molecule has 0 saturated carbocycles. The number of nitrogens with zero attached hydrogens (tertiary/aromatic N) is 3. The number of carbonyl (C=O) groups is 1. The summed E-state index contributed by atoms with van der Waals surface area (Å²) in [7, 11) is -3.89. The fraction of sp³-hybridized carbons (Fsp3) is 0.154. The molecule has 1 aromatic heterocycles. The monoisotopic (exact) mass is 473 g/mol. The van der Waals surface area contributed by atoms with Gasteiger partial charge in [0.1, 0.15) is 0 Å². The highest BCUT2D eigenvalue weighted by atomic mass is 32.2. The normalized spacial score (nSPS) is 15.9. The third-order valence-corrected chi connectivity index (χ3v) is 7.48. The lowest BCUT2D eigenvalue weighted by Crippen LogP contribution is -2.25. The fourth-order valence-electron chi connectivity index (χ4n) is 4.02. The van der Waals surface area contributed by atoms with E-state index < -0.39 is 16.3 Å². The first-order valence-corrected chi connectivity index (χ1v) is 12.2. The van der Waals surface area contributed by atoms with Gasteiger partial charge < -0.3 is 4.74 Å². The molecule has 1 aliphatic heterocycles. The second-order valence-electron chi connectivity index (χ2n) is 8.32. The number of rotatable bonds is 4. The van der Waals surface area contributed by atoms with Crippen molar-refractivity contribution in [1.29, 1.82) is 0 Å². The Bertz CT molecular complexity index is 1540. The molecule has 3 aromatic carbocycles. The highest BCUT2D eigenvalue weighted by molar-refractivity contribution is 7.90. The standard InChI is InChI=1S/C26H23N3O4S/c1-17-9-12-21(13-10-17)34(31,32)28-16-23(22-14-11-18(2)15-24(22)28)26-29(19(3)30)27-25(33-26)20-7-5-4-6-8-20/h4-16,26H,1-3H3. The molecule has 1 atom stereocenters. The molecule has 0 aliphatic carbocycles. The van der Waals surface area contributed by atoms with E-state index in [1.807, 2.05) is 62.4 Å². The molecule has 5 rings (SSSR count). The molecule has 8 heteroatoms. The van der Waals surface area contributed by atoms with Gasteiger partial charge in [0.05, 0.1) is 10.4 Å². The number of benzene rings is 3. The van der Waals surface area contributed by atoms with E-state index in [9.17, 15) is 13.2 Å². The molecule has 0 radical (unpaired) electrons. The molecule has 4 aromatic rings. The molecule has 0 N–H and O–H groups in total. The predicted molar refractivity (Wildman–Crippen MR) is 130 cm³/mol. The lowest BCUT2D eigenvalue weighted by Gasteiger charge is -2.18. The summed E-state index contributed by atoms with van der Waals surface area (Å²) in [5, 5.41) is 6.32. The van der Waals surface area contributed by atoms with Gasteiger partial charge in [-0.1, -0.05) is 48.0 Å². The van der Waals surface area contributed by atoms with E-state index in [0.717, 1.165) is 16.7 Å². The van der Waals surface area contributed by atoms with Crippen LogP contribution in [0.15, 0.2) is 89.0 Å². The van der Waals surface area contributed by atoms with Gasteiger partial charge in [-0.3, -0.25) is 4.79 Å². The summed E-state index contributed by atoms with van der Waals surface area (Å²) < 4.78 is 34.6. The van der Waals surface area contributed by atoms with Crippen LogP contribution in [0.2, 0.25) is 0 Å². The van der Waals surface area contributed by atoms with Gasteiger partial charge in [0.2, 0.25) is 18.0 Å². The molecule has 1 unspecified atom stereocenters. The van der Waals surface area contributed by atoms with Crippen molar-refractivity contribution in [2.75, 3.05) is 0 Å². The van der Waals surface area contributed by atoms with Gasteiger partial charge in [-0.05, 0) is 49.7 Å². The summed E-state index contributed by atoms with van der Waals surface area (Å²) >= 11 is 0. The van der Waals surface area contributed by atoms with E-state index in [2.05, 4.69) is 5.10 Å². The lowest BCUT2D eigenvalue weighted by atomic mass is 10.1. The molecule has 2 heterocycles. The molecular formula is C26H23N3O4S. The number of aromatic nitrogens is 1. The Kier molecular flexibility index (Phi) is 5.25. The van der Waals surface area contributed by atoms with Crippen LogP contribution in [0.5, 0.6) is 0 Å². The average molecular weight is 474 g/mol. The Hall–Kier alpha value is -3.91. The molecular weight excluding hydrogens is 450 g/mol. The van der Waals surface area contributed by atoms with Crippen LogP contribution in [0.25, 0.3) is 10.9 Å². The Balaban J connectivity index is 1.67. The van der Waals surface area contributed by atoms with Crippen LogP contribution >= 0.6 is 0 Å². The smallest absolute Gasteiger partial charge is 0.268 e. The number of ether oxygens (including phenoxy) is 1. The molecule has 0 spiro atoms. The van der Waals surface area contributed by atoms with Gasteiger partial charge in [-0.15, -0.1) is 5.10 Å². The van der Waals surface area contributed by atoms with Crippen molar-refractivity contribution >= 4 is 32.7 Å². The van der Waals surface area contributed by atoms with Gasteiger partial charge >= 0.3 is 0 Å². The zero-order valence-corrected chi connectivity index (χ0v) is 19.8. The maximum Gasteiger partial charge on any atom is 0.268 e. The van der Waals surface area contributed by atoms with Crippen molar-refractivity contribution in [1.82, 2.24) is 8.98 Å². The molecule has 1 amide bonds. The first-order chi connectivity index (χ1) is 16.3. The number of hydrogen-bond acceptors (Lipinski definition) is 5. The largest absolute Gasteiger partial charge is 0.446 e. The molecule has 7 nitrogen and oxygen atoms in total. The number of carbonyl (C=O) groups excluding carboxylic acids is 1. The highest BCUT2D eigenvalue weighted by Crippen LogP contribution is 2.37. The summed E-state index contributed by atoms with van der Waals surface area (Å²) in [6.45, 7) is 5.21. The second-order valence-corrected chi connectivity index (χ2v) is 10.1. The van der Waals surface area contributed by atoms with Crippen molar-refractivity contribution in [3.05, 3.63) is 101 Å². The first-order valence-electron chi connectivity index (χ1n) is 10.8. The molecule has 34 heavy (non-hydrogen) atoms. The van der Waals surface area contributed by atoms with Crippen molar-refractivity contribution in [2.24, 2.45) is 5.10 Å². The fourth-order valence-corrected chi connectivity index (χ4v) is 5.39. The molecule has 1 aliphatic rings. The van der Waals surface area contributed by atoms with Crippen LogP contribution in [-0.2, 0) is 19.6 Å². The van der Waals surface area contributed by atoms with Crippen LogP contribution < -0.4 is 0 Å². The van der Waals surface area contributed by atoms with Crippen molar-refractivity contribution in [2.45, 2.75) is 31.9 Å². The Morgan fingerprint density at radius 2 is 1.62 bits per heavy atom. The number of amides is 1. The number of hydrazone groups is 1. The summed E-state index contributed by atoms with van der Waals surface area (Å²) in [6.07, 6.45) is 0.635. The van der Waals surface area contributed by atoms with E-state index in [-0.39, 0.29) is 10.8 Å². The zero-order valence-electron chi connectivity index (χ0n) is 19.0. The minimum Gasteiger partial charge on any atom is -0.446 e. The van der Waals surface area contributed by atoms with Crippen molar-refractivity contribution in [3.63, 3.8) is 0 Å². The van der Waals surface area contributed by atoms with Crippen LogP contribution in [-0.4, -0.2) is 29.2 Å². The van der Waals surface area contributed by atoms with Crippen LogP contribution in [0.4, 0.5) is 0 Å². The van der Waals surface area contributed by atoms with E-state index in [4.69, 9.17) is 4.74 Å². The lowest BCUT2D eigenvalue weighted by molar-refractivity contribution is -0.135. The van der Waals surface area contributed by atoms with Crippen LogP contribution in [0, 0.1) is 13.8 Å². The van der Waals surface area contributed by atoms with Gasteiger partial charge in [0, 0.05) is 29.6 Å². The third-order valence-electron chi connectivity index (χ3n) is 5.79. The number of hydrogen-bond donors (Lipinski definition) is 0. The average Bonchev–Trinajstić information content (AvgIpc) is 3.42. The minimum atomic E-state index is -3.89. The van der Waals surface area contributed by atoms with E-state index in [1.165, 1.54) is 22.1 Å². The Labute approximate surface area is 197 Å². The van der Waals surface area contributed by atoms with Crippen molar-refractivity contribution < 1.29 is 17.9 Å². The van der Waals surface area contributed by atoms with E-state index in [0.29, 0.717) is 22.4 Å². The maximum atomic E-state index is 13.6. The van der Waals surface area contributed by atoms with Crippen LogP contribution in [0.3, 0.4) is 0 Å². The topological polar surface area (TPSA) is 81.0 Å². The van der Waals surface area contributed by atoms with Gasteiger partial charge in [0.15, 0.2) is 0 Å². The maximum absolute atomic E-state index is 13.6. The van der Waals surface area contributed by atoms with E-state index >= 15 is 0 Å². The van der Waals surface area contributed by atoms with E-state index in [1.54, 1.807) is 24.3 Å². The quantitative estimate of drug-likeness (QED) is 0.429. The Morgan fingerprint density at radius 3 is 2.29 bits per heavy atom. The number of fused-ring (bicyclic) bond motifs is 1. The third kappa shape index (κ3) is 3.66. The zero-order chi connectivity index (χ0) is 24.0. The molecule has 0 saturated heterocycles.